The monoisotopic (exact) mass is 202 g/mol. The van der Waals surface area contributed by atoms with Crippen LogP contribution in [0.15, 0.2) is 0 Å². The molecule has 0 saturated carbocycles. The minimum Gasteiger partial charge on any atom is -0.125 e. The summed E-state index contributed by atoms with van der Waals surface area (Å²) in [7, 11) is 1.13. The molecule has 1 heteroatoms. The summed E-state index contributed by atoms with van der Waals surface area (Å²) >= 11 is 0. The molecule has 0 nitrogen and oxygen atoms in total. The molecular formula is C12H27P. The van der Waals surface area contributed by atoms with Gasteiger partial charge in [-0.25, -0.2) is 0 Å². The molecule has 0 spiro atoms. The van der Waals surface area contributed by atoms with Crippen molar-refractivity contribution in [2.45, 2.75) is 47.0 Å². The van der Waals surface area contributed by atoms with Gasteiger partial charge in [-0.2, -0.15) is 0 Å². The van der Waals surface area contributed by atoms with E-state index in [1.54, 1.807) is 0 Å². The molecule has 0 aromatic rings. The smallest absolute Gasteiger partial charge is 0.0328 e. The van der Waals surface area contributed by atoms with Gasteiger partial charge >= 0.3 is 0 Å². The van der Waals surface area contributed by atoms with Crippen LogP contribution in [0.4, 0.5) is 0 Å². The topological polar surface area (TPSA) is 0 Å². The zero-order chi connectivity index (χ0) is 10.3. The summed E-state index contributed by atoms with van der Waals surface area (Å²) < 4.78 is 0. The highest BCUT2D eigenvalue weighted by Gasteiger charge is 2.10. The predicted octanol–water partition coefficient (Wildman–Crippen LogP) is 4.39. The van der Waals surface area contributed by atoms with E-state index in [-0.39, 0.29) is 0 Å². The Morgan fingerprint density at radius 3 is 2.00 bits per heavy atom. The maximum atomic E-state index is 2.42. The third kappa shape index (κ3) is 7.50. The summed E-state index contributed by atoms with van der Waals surface area (Å²) in [6.07, 6.45) is 5.70. The van der Waals surface area contributed by atoms with Crippen molar-refractivity contribution in [1.82, 2.24) is 0 Å². The fourth-order valence-electron chi connectivity index (χ4n) is 1.66. The molecule has 3 atom stereocenters. The van der Waals surface area contributed by atoms with E-state index in [0.29, 0.717) is 0 Å². The maximum Gasteiger partial charge on any atom is -0.0328 e. The van der Waals surface area contributed by atoms with E-state index >= 15 is 0 Å². The Hall–Kier alpha value is 0.430. The Morgan fingerprint density at radius 2 is 1.54 bits per heavy atom. The van der Waals surface area contributed by atoms with E-state index in [1.165, 1.54) is 25.4 Å². The maximum absolute atomic E-state index is 2.42. The first-order chi connectivity index (χ1) is 6.07. The predicted molar refractivity (Wildman–Crippen MR) is 66.1 cm³/mol. The summed E-state index contributed by atoms with van der Waals surface area (Å²) in [6, 6.07) is 0. The van der Waals surface area contributed by atoms with Gasteiger partial charge in [-0.3, -0.25) is 0 Å². The van der Waals surface area contributed by atoms with Crippen LogP contribution in [0.1, 0.15) is 47.0 Å². The van der Waals surface area contributed by atoms with Gasteiger partial charge in [0.2, 0.25) is 0 Å². The lowest BCUT2D eigenvalue weighted by molar-refractivity contribution is 0.370. The highest BCUT2D eigenvalue weighted by Crippen LogP contribution is 2.23. The number of hydrogen-bond acceptors (Lipinski definition) is 0. The summed E-state index contributed by atoms with van der Waals surface area (Å²) in [5.74, 6) is 2.76. The third-order valence-electron chi connectivity index (χ3n) is 2.94. The molecule has 0 heterocycles. The molecule has 3 unspecified atom stereocenters. The van der Waals surface area contributed by atoms with E-state index < -0.39 is 0 Å². The molecular weight excluding hydrogens is 175 g/mol. The standard InChI is InChI=1S/C12H27P/c1-10(2)7-6-8-11(3)12(4)9-13-5/h10-13H,6-9H2,1-5H3. The van der Waals surface area contributed by atoms with E-state index in [2.05, 4.69) is 34.4 Å². The summed E-state index contributed by atoms with van der Waals surface area (Å²) in [6.45, 7) is 11.8. The van der Waals surface area contributed by atoms with Gasteiger partial charge in [-0.05, 0) is 30.6 Å². The van der Waals surface area contributed by atoms with Crippen molar-refractivity contribution in [3.8, 4) is 0 Å². The second-order valence-corrected chi connectivity index (χ2v) is 5.95. The van der Waals surface area contributed by atoms with Gasteiger partial charge in [0.25, 0.3) is 0 Å². The summed E-state index contributed by atoms with van der Waals surface area (Å²) in [5, 5.41) is 0. The first-order valence-corrected chi connectivity index (χ1v) is 7.43. The average Bonchev–Trinajstić information content (AvgIpc) is 2.04. The van der Waals surface area contributed by atoms with E-state index in [9.17, 15) is 0 Å². The van der Waals surface area contributed by atoms with Crippen molar-refractivity contribution in [3.63, 3.8) is 0 Å². The minimum atomic E-state index is 0.885. The fraction of sp³-hybridized carbons (Fsp3) is 1.00. The fourth-order valence-corrected chi connectivity index (χ4v) is 2.70. The Balaban J connectivity index is 3.43. The Bertz CT molecular complexity index is 110. The van der Waals surface area contributed by atoms with Crippen molar-refractivity contribution >= 4 is 8.58 Å². The van der Waals surface area contributed by atoms with Gasteiger partial charge in [0.05, 0.1) is 0 Å². The largest absolute Gasteiger partial charge is 0.125 e. The van der Waals surface area contributed by atoms with Gasteiger partial charge in [-0.1, -0.05) is 47.0 Å². The quantitative estimate of drug-likeness (QED) is 0.537. The van der Waals surface area contributed by atoms with Crippen LogP contribution < -0.4 is 0 Å². The molecule has 0 aromatic heterocycles. The van der Waals surface area contributed by atoms with Crippen molar-refractivity contribution in [2.75, 3.05) is 12.8 Å². The molecule has 0 aliphatic heterocycles. The first-order valence-electron chi connectivity index (χ1n) is 5.72. The average molecular weight is 202 g/mol. The SMILES string of the molecule is CPCC(C)C(C)CCCC(C)C. The molecule has 0 N–H and O–H groups in total. The van der Waals surface area contributed by atoms with Crippen molar-refractivity contribution in [2.24, 2.45) is 17.8 Å². The second kappa shape index (κ2) is 7.80. The van der Waals surface area contributed by atoms with Gasteiger partial charge in [0, 0.05) is 0 Å². The van der Waals surface area contributed by atoms with Gasteiger partial charge in [0.15, 0.2) is 0 Å². The molecule has 0 aliphatic carbocycles. The normalized spacial score (nSPS) is 17.1. The van der Waals surface area contributed by atoms with Crippen LogP contribution >= 0.6 is 8.58 Å². The Kier molecular flexibility index (Phi) is 8.06. The summed E-state index contributed by atoms with van der Waals surface area (Å²) in [4.78, 5) is 0. The zero-order valence-corrected chi connectivity index (χ0v) is 11.1. The molecule has 0 aliphatic rings. The van der Waals surface area contributed by atoms with Crippen LogP contribution in [-0.2, 0) is 0 Å². The highest BCUT2D eigenvalue weighted by atomic mass is 31.1. The summed E-state index contributed by atoms with van der Waals surface area (Å²) in [5.41, 5.74) is 0. The van der Waals surface area contributed by atoms with Gasteiger partial charge in [-0.15, -0.1) is 8.58 Å². The molecule has 0 saturated heterocycles. The van der Waals surface area contributed by atoms with E-state index in [4.69, 9.17) is 0 Å². The van der Waals surface area contributed by atoms with Crippen molar-refractivity contribution < 1.29 is 0 Å². The Morgan fingerprint density at radius 1 is 0.923 bits per heavy atom. The lowest BCUT2D eigenvalue weighted by Gasteiger charge is -2.19. The highest BCUT2D eigenvalue weighted by molar-refractivity contribution is 7.36. The Labute approximate surface area is 86.7 Å². The molecule has 80 valence electrons. The molecule has 0 radical (unpaired) electrons. The van der Waals surface area contributed by atoms with Crippen molar-refractivity contribution in [1.29, 1.82) is 0 Å². The molecule has 0 rings (SSSR count). The molecule has 13 heavy (non-hydrogen) atoms. The first kappa shape index (κ1) is 13.4. The van der Waals surface area contributed by atoms with Crippen molar-refractivity contribution in [3.05, 3.63) is 0 Å². The lowest BCUT2D eigenvalue weighted by Crippen LogP contribution is -2.10. The molecule has 0 amide bonds. The number of hydrogen-bond donors (Lipinski definition) is 0. The minimum absolute atomic E-state index is 0.885. The van der Waals surface area contributed by atoms with Crippen LogP contribution in [0.25, 0.3) is 0 Å². The van der Waals surface area contributed by atoms with E-state index in [0.717, 1.165) is 26.3 Å². The van der Waals surface area contributed by atoms with Crippen LogP contribution in [0.3, 0.4) is 0 Å². The number of rotatable bonds is 7. The van der Waals surface area contributed by atoms with Crippen LogP contribution in [0.2, 0.25) is 0 Å². The lowest BCUT2D eigenvalue weighted by atomic mass is 9.91. The molecule has 0 fully saturated rings. The third-order valence-corrected chi connectivity index (χ3v) is 3.99. The van der Waals surface area contributed by atoms with Crippen LogP contribution in [0, 0.1) is 17.8 Å². The van der Waals surface area contributed by atoms with Gasteiger partial charge < -0.3 is 0 Å². The van der Waals surface area contributed by atoms with Crippen LogP contribution in [0.5, 0.6) is 0 Å². The molecule has 0 bridgehead atoms. The van der Waals surface area contributed by atoms with E-state index in [1.807, 2.05) is 0 Å². The van der Waals surface area contributed by atoms with Crippen LogP contribution in [-0.4, -0.2) is 12.8 Å². The zero-order valence-electron chi connectivity index (χ0n) is 10.1. The molecule has 0 aromatic carbocycles. The van der Waals surface area contributed by atoms with Gasteiger partial charge in [0.1, 0.15) is 0 Å². The second-order valence-electron chi connectivity index (χ2n) is 4.84.